The second kappa shape index (κ2) is 5.71. The van der Waals surface area contributed by atoms with Gasteiger partial charge in [0.1, 0.15) is 0 Å². The first kappa shape index (κ1) is 12.0. The summed E-state index contributed by atoms with van der Waals surface area (Å²) in [6.45, 7) is 6.72. The number of nitrogens with one attached hydrogen (secondary N) is 1. The monoisotopic (exact) mass is 236 g/mol. The lowest BCUT2D eigenvalue weighted by molar-refractivity contribution is 0.0714. The number of hydrogen-bond donors (Lipinski definition) is 1. The predicted octanol–water partition coefficient (Wildman–Crippen LogP) is 2.50. The van der Waals surface area contributed by atoms with Gasteiger partial charge in [-0.3, -0.25) is 0 Å². The molecule has 3 fully saturated rings. The summed E-state index contributed by atoms with van der Waals surface area (Å²) in [7, 11) is 0. The Bertz CT molecular complexity index is 233. The van der Waals surface area contributed by atoms with Crippen molar-refractivity contribution in [2.45, 2.75) is 44.9 Å². The average molecular weight is 236 g/mol. The molecule has 2 heteroatoms. The molecule has 1 aliphatic carbocycles. The molecule has 1 saturated carbocycles. The van der Waals surface area contributed by atoms with Crippen molar-refractivity contribution in [2.75, 3.05) is 32.7 Å². The van der Waals surface area contributed by atoms with E-state index in [2.05, 4.69) is 10.2 Å². The van der Waals surface area contributed by atoms with Gasteiger partial charge in [0.25, 0.3) is 0 Å². The Balaban J connectivity index is 1.48. The molecule has 2 atom stereocenters. The first-order valence-corrected chi connectivity index (χ1v) is 7.85. The highest BCUT2D eigenvalue weighted by molar-refractivity contribution is 4.84. The third-order valence-corrected chi connectivity index (χ3v) is 5.35. The van der Waals surface area contributed by atoms with E-state index in [1.165, 1.54) is 77.7 Å². The van der Waals surface area contributed by atoms with Crippen molar-refractivity contribution >= 4 is 0 Å². The molecule has 98 valence electrons. The van der Waals surface area contributed by atoms with E-state index in [0.29, 0.717) is 0 Å². The molecule has 0 aromatic heterocycles. The van der Waals surface area contributed by atoms with Crippen LogP contribution < -0.4 is 5.32 Å². The van der Waals surface area contributed by atoms with Gasteiger partial charge in [-0.1, -0.05) is 19.3 Å². The minimum absolute atomic E-state index is 0.983. The van der Waals surface area contributed by atoms with E-state index >= 15 is 0 Å². The Morgan fingerprint density at radius 2 is 1.65 bits per heavy atom. The standard InChI is InChI=1S/C15H28N2/c1-2-4-15-12-17(10-7-14(15)3-1)11-13-5-8-16-9-6-13/h13-16H,1-12H2/t14-,15+/m0/s1. The molecular formula is C15H28N2. The summed E-state index contributed by atoms with van der Waals surface area (Å²) < 4.78 is 0. The van der Waals surface area contributed by atoms with Crippen LogP contribution in [0.5, 0.6) is 0 Å². The number of rotatable bonds is 2. The van der Waals surface area contributed by atoms with E-state index < -0.39 is 0 Å². The van der Waals surface area contributed by atoms with Crippen LogP contribution in [0.4, 0.5) is 0 Å². The van der Waals surface area contributed by atoms with Crippen LogP contribution in [-0.4, -0.2) is 37.6 Å². The molecule has 3 rings (SSSR count). The first-order chi connectivity index (χ1) is 8.42. The predicted molar refractivity (Wildman–Crippen MR) is 72.1 cm³/mol. The Hall–Kier alpha value is -0.0800. The number of nitrogens with zero attached hydrogens (tertiary/aromatic N) is 1. The lowest BCUT2D eigenvalue weighted by Crippen LogP contribution is -2.45. The van der Waals surface area contributed by atoms with Crippen molar-refractivity contribution in [3.05, 3.63) is 0 Å². The van der Waals surface area contributed by atoms with E-state index in [4.69, 9.17) is 0 Å². The maximum atomic E-state index is 3.48. The highest BCUT2D eigenvalue weighted by Gasteiger charge is 2.31. The van der Waals surface area contributed by atoms with Crippen LogP contribution in [0.25, 0.3) is 0 Å². The fourth-order valence-corrected chi connectivity index (χ4v) is 4.27. The quantitative estimate of drug-likeness (QED) is 0.792. The molecule has 0 spiro atoms. The summed E-state index contributed by atoms with van der Waals surface area (Å²) in [6, 6.07) is 0. The fourth-order valence-electron chi connectivity index (χ4n) is 4.27. The van der Waals surface area contributed by atoms with Crippen molar-refractivity contribution < 1.29 is 0 Å². The molecule has 2 nitrogen and oxygen atoms in total. The van der Waals surface area contributed by atoms with Gasteiger partial charge < -0.3 is 10.2 Å². The zero-order valence-electron chi connectivity index (χ0n) is 11.2. The Morgan fingerprint density at radius 3 is 2.47 bits per heavy atom. The molecule has 2 heterocycles. The smallest absolute Gasteiger partial charge is 0.00124 e. The van der Waals surface area contributed by atoms with E-state index in [0.717, 1.165) is 17.8 Å². The molecule has 17 heavy (non-hydrogen) atoms. The highest BCUT2D eigenvalue weighted by Crippen LogP contribution is 2.36. The SMILES string of the molecule is C1CC[C@@H]2CN(CC3CCNCC3)CC[C@@H]2C1. The van der Waals surface area contributed by atoms with Crippen LogP contribution in [0.2, 0.25) is 0 Å². The molecule has 2 aliphatic heterocycles. The van der Waals surface area contributed by atoms with Crippen LogP contribution in [0.1, 0.15) is 44.9 Å². The Labute approximate surface area is 106 Å². The summed E-state index contributed by atoms with van der Waals surface area (Å²) in [5.74, 6) is 3.13. The molecule has 1 N–H and O–H groups in total. The molecule has 0 amide bonds. The number of hydrogen-bond acceptors (Lipinski definition) is 2. The van der Waals surface area contributed by atoms with Gasteiger partial charge in [0.05, 0.1) is 0 Å². The third kappa shape index (κ3) is 3.03. The second-order valence-corrected chi connectivity index (χ2v) is 6.55. The summed E-state index contributed by atoms with van der Waals surface area (Å²) in [5.41, 5.74) is 0. The van der Waals surface area contributed by atoms with Crippen molar-refractivity contribution in [2.24, 2.45) is 17.8 Å². The second-order valence-electron chi connectivity index (χ2n) is 6.55. The van der Waals surface area contributed by atoms with Crippen LogP contribution in [0, 0.1) is 17.8 Å². The lowest BCUT2D eigenvalue weighted by atomic mass is 9.75. The van der Waals surface area contributed by atoms with Gasteiger partial charge in [-0.05, 0) is 63.1 Å². The zero-order chi connectivity index (χ0) is 11.5. The Morgan fingerprint density at radius 1 is 0.882 bits per heavy atom. The molecule has 2 saturated heterocycles. The summed E-state index contributed by atoms with van der Waals surface area (Å²) in [4.78, 5) is 2.79. The first-order valence-electron chi connectivity index (χ1n) is 7.85. The van der Waals surface area contributed by atoms with Crippen LogP contribution in [-0.2, 0) is 0 Å². The van der Waals surface area contributed by atoms with Crippen LogP contribution in [0.15, 0.2) is 0 Å². The lowest BCUT2D eigenvalue weighted by Gasteiger charge is -2.42. The topological polar surface area (TPSA) is 15.3 Å². The van der Waals surface area contributed by atoms with Crippen LogP contribution in [0.3, 0.4) is 0 Å². The van der Waals surface area contributed by atoms with Gasteiger partial charge in [0, 0.05) is 13.1 Å². The van der Waals surface area contributed by atoms with E-state index in [-0.39, 0.29) is 0 Å². The van der Waals surface area contributed by atoms with E-state index in [9.17, 15) is 0 Å². The van der Waals surface area contributed by atoms with Crippen molar-refractivity contribution in [3.8, 4) is 0 Å². The fraction of sp³-hybridized carbons (Fsp3) is 1.00. The summed E-state index contributed by atoms with van der Waals surface area (Å²) in [5, 5.41) is 3.48. The van der Waals surface area contributed by atoms with Gasteiger partial charge in [0.15, 0.2) is 0 Å². The minimum Gasteiger partial charge on any atom is -0.317 e. The summed E-state index contributed by atoms with van der Waals surface area (Å²) in [6.07, 6.45) is 10.4. The maximum absolute atomic E-state index is 3.48. The third-order valence-electron chi connectivity index (χ3n) is 5.35. The highest BCUT2D eigenvalue weighted by atomic mass is 15.1. The van der Waals surface area contributed by atoms with E-state index in [1.54, 1.807) is 0 Å². The molecule has 0 aromatic rings. The van der Waals surface area contributed by atoms with Crippen molar-refractivity contribution in [1.82, 2.24) is 10.2 Å². The van der Waals surface area contributed by atoms with Gasteiger partial charge in [-0.15, -0.1) is 0 Å². The van der Waals surface area contributed by atoms with Gasteiger partial charge in [-0.25, -0.2) is 0 Å². The minimum atomic E-state index is 0.983. The molecule has 0 aromatic carbocycles. The number of fused-ring (bicyclic) bond motifs is 1. The van der Waals surface area contributed by atoms with Crippen LogP contribution >= 0.6 is 0 Å². The normalized spacial score (nSPS) is 36.7. The molecule has 0 bridgehead atoms. The van der Waals surface area contributed by atoms with E-state index in [1.807, 2.05) is 0 Å². The average Bonchev–Trinajstić information content (AvgIpc) is 2.40. The number of piperidine rings is 2. The molecule has 0 unspecified atom stereocenters. The van der Waals surface area contributed by atoms with Gasteiger partial charge >= 0.3 is 0 Å². The molecular weight excluding hydrogens is 208 g/mol. The molecule has 0 radical (unpaired) electrons. The zero-order valence-corrected chi connectivity index (χ0v) is 11.2. The summed E-state index contributed by atoms with van der Waals surface area (Å²) >= 11 is 0. The Kier molecular flexibility index (Phi) is 4.02. The number of likely N-dealkylation sites (tertiary alicyclic amines) is 1. The van der Waals surface area contributed by atoms with Gasteiger partial charge in [0.2, 0.25) is 0 Å². The molecule has 3 aliphatic rings. The van der Waals surface area contributed by atoms with Gasteiger partial charge in [-0.2, -0.15) is 0 Å². The maximum Gasteiger partial charge on any atom is 0.00124 e. The largest absolute Gasteiger partial charge is 0.317 e. The van der Waals surface area contributed by atoms with Crippen molar-refractivity contribution in [3.63, 3.8) is 0 Å². The van der Waals surface area contributed by atoms with Crippen molar-refractivity contribution in [1.29, 1.82) is 0 Å².